The smallest absolute Gasteiger partial charge is 0.228 e. The molecule has 6 nitrogen and oxygen atoms in total. The van der Waals surface area contributed by atoms with E-state index in [4.69, 9.17) is 14.7 Å². The number of fused-ring (bicyclic) bond motifs is 1. The van der Waals surface area contributed by atoms with Crippen LogP contribution in [0.4, 0.5) is 11.8 Å². The van der Waals surface area contributed by atoms with Crippen molar-refractivity contribution in [3.8, 4) is 0 Å². The first-order valence-corrected chi connectivity index (χ1v) is 9.65. The van der Waals surface area contributed by atoms with Gasteiger partial charge in [0.05, 0.1) is 24.9 Å². The molecule has 138 valence electrons. The van der Waals surface area contributed by atoms with Gasteiger partial charge >= 0.3 is 0 Å². The van der Waals surface area contributed by atoms with E-state index in [9.17, 15) is 0 Å². The number of halogens is 1. The van der Waals surface area contributed by atoms with Gasteiger partial charge < -0.3 is 9.64 Å². The Balaban J connectivity index is 1.68. The van der Waals surface area contributed by atoms with E-state index in [1.807, 2.05) is 30.3 Å². The molecule has 2 heterocycles. The summed E-state index contributed by atoms with van der Waals surface area (Å²) >= 11 is 3.60. The number of morpholine rings is 1. The molecule has 27 heavy (non-hydrogen) atoms. The first-order chi connectivity index (χ1) is 13.2. The van der Waals surface area contributed by atoms with Gasteiger partial charge in [-0.15, -0.1) is 0 Å². The molecule has 0 atom stereocenters. The standard InChI is InChI=1S/C20H20BrN5O/c1-14-4-2-5-15(12-14)13-22-25-19-16-6-3-7-17(21)18(16)23-20(24-19)26-8-10-27-11-9-26/h2-7,12-13H,8-11H2,1H3,(H,23,24,25)/b22-13+. The van der Waals surface area contributed by atoms with Gasteiger partial charge in [0.2, 0.25) is 5.95 Å². The number of hydrogen-bond acceptors (Lipinski definition) is 6. The average molecular weight is 426 g/mol. The molecule has 4 rings (SSSR count). The molecule has 0 bridgehead atoms. The molecule has 7 heteroatoms. The monoisotopic (exact) mass is 425 g/mol. The first-order valence-electron chi connectivity index (χ1n) is 8.85. The Morgan fingerprint density at radius 1 is 1.15 bits per heavy atom. The molecule has 0 aliphatic carbocycles. The summed E-state index contributed by atoms with van der Waals surface area (Å²) < 4.78 is 6.37. The molecule has 0 radical (unpaired) electrons. The van der Waals surface area contributed by atoms with Gasteiger partial charge in [0, 0.05) is 22.9 Å². The summed E-state index contributed by atoms with van der Waals surface area (Å²) in [5.74, 6) is 1.37. The van der Waals surface area contributed by atoms with Crippen LogP contribution in [0, 0.1) is 6.92 Å². The lowest BCUT2D eigenvalue weighted by Gasteiger charge is -2.27. The molecular weight excluding hydrogens is 406 g/mol. The number of rotatable bonds is 4. The zero-order valence-corrected chi connectivity index (χ0v) is 16.6. The van der Waals surface area contributed by atoms with Gasteiger partial charge in [0.1, 0.15) is 0 Å². The highest BCUT2D eigenvalue weighted by atomic mass is 79.9. The Morgan fingerprint density at radius 2 is 1.96 bits per heavy atom. The highest BCUT2D eigenvalue weighted by Gasteiger charge is 2.17. The van der Waals surface area contributed by atoms with Crippen molar-refractivity contribution < 1.29 is 4.74 Å². The lowest BCUT2D eigenvalue weighted by Crippen LogP contribution is -2.37. The molecule has 3 aromatic rings. The van der Waals surface area contributed by atoms with Gasteiger partial charge in [-0.05, 0) is 40.5 Å². The zero-order chi connectivity index (χ0) is 18.6. The average Bonchev–Trinajstić information content (AvgIpc) is 2.69. The van der Waals surface area contributed by atoms with Crippen molar-refractivity contribution in [2.45, 2.75) is 6.92 Å². The molecule has 1 N–H and O–H groups in total. The second kappa shape index (κ2) is 8.02. The topological polar surface area (TPSA) is 62.6 Å². The maximum absolute atomic E-state index is 5.44. The van der Waals surface area contributed by atoms with E-state index in [1.165, 1.54) is 5.56 Å². The SMILES string of the molecule is Cc1cccc(/C=N/Nc2nc(N3CCOCC3)nc3c(Br)cccc23)c1. The van der Waals surface area contributed by atoms with Crippen molar-refractivity contribution in [2.75, 3.05) is 36.6 Å². The molecule has 2 aromatic carbocycles. The van der Waals surface area contributed by atoms with Gasteiger partial charge in [0.25, 0.3) is 0 Å². The number of aromatic nitrogens is 2. The van der Waals surface area contributed by atoms with E-state index in [1.54, 1.807) is 6.21 Å². The van der Waals surface area contributed by atoms with Crippen molar-refractivity contribution in [2.24, 2.45) is 5.10 Å². The Hall–Kier alpha value is -2.51. The number of hydrazone groups is 1. The van der Waals surface area contributed by atoms with Crippen LogP contribution in [0.2, 0.25) is 0 Å². The molecule has 1 aliphatic heterocycles. The molecule has 1 fully saturated rings. The van der Waals surface area contributed by atoms with E-state index in [0.29, 0.717) is 25.0 Å². The van der Waals surface area contributed by atoms with Crippen molar-refractivity contribution in [3.05, 3.63) is 58.1 Å². The second-order valence-corrected chi connectivity index (χ2v) is 7.25. The van der Waals surface area contributed by atoms with Crippen LogP contribution in [0.5, 0.6) is 0 Å². The maximum atomic E-state index is 5.44. The number of hydrogen-bond donors (Lipinski definition) is 1. The molecule has 0 saturated carbocycles. The van der Waals surface area contributed by atoms with Crippen LogP contribution in [0.1, 0.15) is 11.1 Å². The van der Waals surface area contributed by atoms with Gasteiger partial charge in [-0.25, -0.2) is 4.98 Å². The summed E-state index contributed by atoms with van der Waals surface area (Å²) in [5.41, 5.74) is 6.20. The lowest BCUT2D eigenvalue weighted by molar-refractivity contribution is 0.122. The fraction of sp³-hybridized carbons (Fsp3) is 0.250. The first kappa shape index (κ1) is 17.9. The van der Waals surface area contributed by atoms with Crippen LogP contribution in [-0.2, 0) is 4.74 Å². The third kappa shape index (κ3) is 4.09. The molecule has 0 unspecified atom stereocenters. The van der Waals surface area contributed by atoms with E-state index < -0.39 is 0 Å². The van der Waals surface area contributed by atoms with Gasteiger partial charge in [-0.3, -0.25) is 5.43 Å². The van der Waals surface area contributed by atoms with Crippen LogP contribution in [0.25, 0.3) is 10.9 Å². The quantitative estimate of drug-likeness (QED) is 0.505. The van der Waals surface area contributed by atoms with E-state index in [-0.39, 0.29) is 0 Å². The van der Waals surface area contributed by atoms with Gasteiger partial charge in [0.15, 0.2) is 5.82 Å². The van der Waals surface area contributed by atoms with Gasteiger partial charge in [-0.2, -0.15) is 10.1 Å². The highest BCUT2D eigenvalue weighted by Crippen LogP contribution is 2.29. The van der Waals surface area contributed by atoms with Crippen LogP contribution in [0.3, 0.4) is 0 Å². The number of nitrogens with one attached hydrogen (secondary N) is 1. The normalized spacial score (nSPS) is 14.8. The summed E-state index contributed by atoms with van der Waals surface area (Å²) in [5, 5.41) is 5.31. The summed E-state index contributed by atoms with van der Waals surface area (Å²) in [6.45, 7) is 5.00. The number of aryl methyl sites for hydroxylation is 1. The summed E-state index contributed by atoms with van der Waals surface area (Å²) in [6, 6.07) is 14.1. The minimum atomic E-state index is 0.686. The lowest BCUT2D eigenvalue weighted by atomic mass is 10.2. The van der Waals surface area contributed by atoms with Crippen LogP contribution in [-0.4, -0.2) is 42.5 Å². The van der Waals surface area contributed by atoms with E-state index >= 15 is 0 Å². The zero-order valence-electron chi connectivity index (χ0n) is 15.0. The Morgan fingerprint density at radius 3 is 2.78 bits per heavy atom. The Kier molecular flexibility index (Phi) is 5.31. The fourth-order valence-corrected chi connectivity index (χ4v) is 3.47. The number of nitrogens with zero attached hydrogens (tertiary/aromatic N) is 4. The second-order valence-electron chi connectivity index (χ2n) is 6.39. The maximum Gasteiger partial charge on any atom is 0.228 e. The molecule has 0 amide bonds. The van der Waals surface area contributed by atoms with Crippen molar-refractivity contribution >= 4 is 44.8 Å². The van der Waals surface area contributed by atoms with Crippen LogP contribution < -0.4 is 10.3 Å². The number of benzene rings is 2. The molecule has 1 aliphatic rings. The van der Waals surface area contributed by atoms with Crippen LogP contribution in [0.15, 0.2) is 52.0 Å². The van der Waals surface area contributed by atoms with Crippen LogP contribution >= 0.6 is 15.9 Å². The summed E-state index contributed by atoms with van der Waals surface area (Å²) in [7, 11) is 0. The molecular formula is C20H20BrN5O. The minimum absolute atomic E-state index is 0.686. The Bertz CT molecular complexity index is 985. The Labute approximate surface area is 166 Å². The van der Waals surface area contributed by atoms with Gasteiger partial charge in [-0.1, -0.05) is 35.9 Å². The van der Waals surface area contributed by atoms with E-state index in [0.717, 1.165) is 34.0 Å². The van der Waals surface area contributed by atoms with Crippen molar-refractivity contribution in [1.29, 1.82) is 0 Å². The number of ether oxygens (including phenoxy) is 1. The molecule has 0 spiro atoms. The van der Waals surface area contributed by atoms with Crippen molar-refractivity contribution in [3.63, 3.8) is 0 Å². The number of anilines is 2. The molecule has 1 saturated heterocycles. The summed E-state index contributed by atoms with van der Waals surface area (Å²) in [6.07, 6.45) is 1.80. The van der Waals surface area contributed by atoms with E-state index in [2.05, 4.69) is 50.4 Å². The highest BCUT2D eigenvalue weighted by molar-refractivity contribution is 9.10. The predicted octanol–water partition coefficient (Wildman–Crippen LogP) is 3.98. The third-order valence-corrected chi connectivity index (χ3v) is 5.03. The molecule has 1 aromatic heterocycles. The number of para-hydroxylation sites is 1. The fourth-order valence-electron chi connectivity index (χ4n) is 3.01. The minimum Gasteiger partial charge on any atom is -0.378 e. The predicted molar refractivity (Wildman–Crippen MR) is 113 cm³/mol. The third-order valence-electron chi connectivity index (χ3n) is 4.39. The van der Waals surface area contributed by atoms with Crippen molar-refractivity contribution in [1.82, 2.24) is 9.97 Å². The largest absolute Gasteiger partial charge is 0.378 e. The summed E-state index contributed by atoms with van der Waals surface area (Å²) in [4.78, 5) is 11.6.